The molecule has 1 saturated heterocycles. The molecule has 0 aromatic rings. The fraction of sp³-hybridized carbons (Fsp3) is 0.909. The largest absolute Gasteiger partial charge is 0.386 e. The van der Waals surface area contributed by atoms with Gasteiger partial charge < -0.3 is 15.7 Å². The van der Waals surface area contributed by atoms with E-state index in [9.17, 15) is 9.90 Å². The van der Waals surface area contributed by atoms with Crippen molar-refractivity contribution in [2.75, 3.05) is 13.1 Å². The van der Waals surface area contributed by atoms with Crippen molar-refractivity contribution in [3.05, 3.63) is 0 Å². The number of hydrogen-bond acceptors (Lipinski definition) is 3. The monoisotopic (exact) mass is 212 g/mol. The molecule has 0 bridgehead atoms. The fourth-order valence-corrected chi connectivity index (χ4v) is 2.15. The van der Waals surface area contributed by atoms with Crippen molar-refractivity contribution in [1.29, 1.82) is 0 Å². The van der Waals surface area contributed by atoms with Gasteiger partial charge in [-0.2, -0.15) is 0 Å². The van der Waals surface area contributed by atoms with E-state index >= 15 is 0 Å². The lowest BCUT2D eigenvalue weighted by molar-refractivity contribution is -0.161. The van der Waals surface area contributed by atoms with Crippen molar-refractivity contribution in [1.82, 2.24) is 4.90 Å². The van der Waals surface area contributed by atoms with E-state index < -0.39 is 11.6 Å². The Kier molecular flexibility index (Phi) is 2.51. The summed E-state index contributed by atoms with van der Waals surface area (Å²) in [6.07, 6.45) is 2.21. The van der Waals surface area contributed by atoms with Crippen LogP contribution in [0.25, 0.3) is 0 Å². The number of hydrogen-bond donors (Lipinski definition) is 2. The predicted octanol–water partition coefficient (Wildman–Crippen LogP) is -0.0470. The van der Waals surface area contributed by atoms with Gasteiger partial charge >= 0.3 is 0 Å². The first-order valence-corrected chi connectivity index (χ1v) is 5.71. The molecule has 0 aromatic carbocycles. The van der Waals surface area contributed by atoms with Crippen molar-refractivity contribution in [2.24, 2.45) is 17.6 Å². The number of amides is 1. The SMILES string of the molecule is CC(C)[C@H](N)C(=O)N1CC(O)(C2CC2)C1. The molecule has 1 saturated carbocycles. The van der Waals surface area contributed by atoms with E-state index in [4.69, 9.17) is 5.73 Å². The van der Waals surface area contributed by atoms with Gasteiger partial charge in [0.1, 0.15) is 5.60 Å². The predicted molar refractivity (Wildman–Crippen MR) is 57.1 cm³/mol. The second-order valence-electron chi connectivity index (χ2n) is 5.34. The lowest BCUT2D eigenvalue weighted by atomic mass is 9.87. The summed E-state index contributed by atoms with van der Waals surface area (Å²) < 4.78 is 0. The summed E-state index contributed by atoms with van der Waals surface area (Å²) in [4.78, 5) is 13.5. The van der Waals surface area contributed by atoms with E-state index in [2.05, 4.69) is 0 Å². The average molecular weight is 212 g/mol. The number of rotatable bonds is 3. The third-order valence-corrected chi connectivity index (χ3v) is 3.58. The molecule has 2 aliphatic rings. The van der Waals surface area contributed by atoms with E-state index in [1.807, 2.05) is 13.8 Å². The highest BCUT2D eigenvalue weighted by atomic mass is 16.3. The maximum Gasteiger partial charge on any atom is 0.239 e. The molecule has 0 radical (unpaired) electrons. The van der Waals surface area contributed by atoms with Crippen LogP contribution in [0.3, 0.4) is 0 Å². The smallest absolute Gasteiger partial charge is 0.239 e. The molecule has 1 heterocycles. The Hall–Kier alpha value is -0.610. The molecule has 2 rings (SSSR count). The van der Waals surface area contributed by atoms with Gasteiger partial charge in [-0.3, -0.25) is 4.79 Å². The summed E-state index contributed by atoms with van der Waals surface area (Å²) in [6, 6.07) is -0.422. The van der Waals surface area contributed by atoms with E-state index in [-0.39, 0.29) is 11.8 Å². The minimum Gasteiger partial charge on any atom is -0.386 e. The summed E-state index contributed by atoms with van der Waals surface area (Å²) in [5.41, 5.74) is 5.19. The number of carbonyl (C=O) groups is 1. The number of β-amino-alcohol motifs (C(OH)–C–C–N with tert-alkyl or cyclic N) is 1. The number of carbonyl (C=O) groups excluding carboxylic acids is 1. The molecule has 86 valence electrons. The van der Waals surface area contributed by atoms with Crippen molar-refractivity contribution < 1.29 is 9.90 Å². The first-order chi connectivity index (χ1) is 6.94. The van der Waals surface area contributed by atoms with Crippen LogP contribution in [0.2, 0.25) is 0 Å². The Bertz CT molecular complexity index is 268. The second kappa shape index (κ2) is 3.46. The van der Waals surface area contributed by atoms with E-state index in [0.717, 1.165) is 12.8 Å². The first-order valence-electron chi connectivity index (χ1n) is 5.71. The van der Waals surface area contributed by atoms with Gasteiger partial charge in [-0.1, -0.05) is 13.8 Å². The Morgan fingerprint density at radius 2 is 2.00 bits per heavy atom. The molecule has 0 spiro atoms. The Balaban J connectivity index is 1.85. The molecule has 4 nitrogen and oxygen atoms in total. The van der Waals surface area contributed by atoms with Crippen LogP contribution in [-0.4, -0.2) is 40.6 Å². The number of nitrogens with zero attached hydrogens (tertiary/aromatic N) is 1. The summed E-state index contributed by atoms with van der Waals surface area (Å²) in [7, 11) is 0. The van der Waals surface area contributed by atoms with Gasteiger partial charge in [0.2, 0.25) is 5.91 Å². The van der Waals surface area contributed by atoms with Crippen LogP contribution in [0, 0.1) is 11.8 Å². The zero-order chi connectivity index (χ0) is 11.2. The lowest BCUT2D eigenvalue weighted by Gasteiger charge is -2.48. The molecule has 15 heavy (non-hydrogen) atoms. The van der Waals surface area contributed by atoms with Crippen molar-refractivity contribution in [3.8, 4) is 0 Å². The van der Waals surface area contributed by atoms with Gasteiger partial charge in [0, 0.05) is 0 Å². The van der Waals surface area contributed by atoms with Crippen molar-refractivity contribution in [2.45, 2.75) is 38.3 Å². The van der Waals surface area contributed by atoms with Crippen LogP contribution in [0.15, 0.2) is 0 Å². The normalized spacial score (nSPS) is 26.3. The van der Waals surface area contributed by atoms with Gasteiger partial charge in [-0.25, -0.2) is 0 Å². The first kappa shape index (κ1) is 10.9. The summed E-state index contributed by atoms with van der Waals surface area (Å²) in [6.45, 7) is 4.85. The minimum atomic E-state index is -0.591. The van der Waals surface area contributed by atoms with Gasteiger partial charge in [-0.05, 0) is 24.7 Å². The number of aliphatic hydroxyl groups is 1. The maximum absolute atomic E-state index is 11.8. The minimum absolute atomic E-state index is 0.0182. The Labute approximate surface area is 90.4 Å². The quantitative estimate of drug-likeness (QED) is 0.689. The van der Waals surface area contributed by atoms with E-state index in [1.54, 1.807) is 4.90 Å². The third kappa shape index (κ3) is 1.88. The van der Waals surface area contributed by atoms with Crippen LogP contribution < -0.4 is 5.73 Å². The molecule has 1 atom stereocenters. The van der Waals surface area contributed by atoms with Gasteiger partial charge in [-0.15, -0.1) is 0 Å². The fourth-order valence-electron chi connectivity index (χ4n) is 2.15. The molecule has 1 amide bonds. The molecule has 1 aliphatic carbocycles. The number of nitrogens with two attached hydrogens (primary N) is 1. The van der Waals surface area contributed by atoms with Crippen molar-refractivity contribution >= 4 is 5.91 Å². The van der Waals surface area contributed by atoms with Crippen molar-refractivity contribution in [3.63, 3.8) is 0 Å². The highest BCUT2D eigenvalue weighted by molar-refractivity contribution is 5.83. The van der Waals surface area contributed by atoms with Crippen LogP contribution in [0.5, 0.6) is 0 Å². The van der Waals surface area contributed by atoms with Gasteiger partial charge in [0.05, 0.1) is 19.1 Å². The van der Waals surface area contributed by atoms with Gasteiger partial charge in [0.15, 0.2) is 0 Å². The maximum atomic E-state index is 11.8. The van der Waals surface area contributed by atoms with E-state index in [0.29, 0.717) is 19.0 Å². The molecular weight excluding hydrogens is 192 g/mol. The Morgan fingerprint density at radius 3 is 2.40 bits per heavy atom. The third-order valence-electron chi connectivity index (χ3n) is 3.58. The van der Waals surface area contributed by atoms with Crippen LogP contribution >= 0.6 is 0 Å². The molecule has 4 heteroatoms. The van der Waals surface area contributed by atoms with Crippen LogP contribution in [-0.2, 0) is 4.79 Å². The molecule has 0 aromatic heterocycles. The second-order valence-corrected chi connectivity index (χ2v) is 5.34. The zero-order valence-electron chi connectivity index (χ0n) is 9.44. The summed E-state index contributed by atoms with van der Waals surface area (Å²) in [5.74, 6) is 0.569. The summed E-state index contributed by atoms with van der Waals surface area (Å²) in [5, 5.41) is 10.1. The highest BCUT2D eigenvalue weighted by Crippen LogP contribution is 2.44. The number of likely N-dealkylation sites (tertiary alicyclic amines) is 1. The molecule has 3 N–H and O–H groups in total. The highest BCUT2D eigenvalue weighted by Gasteiger charge is 2.53. The topological polar surface area (TPSA) is 66.6 Å². The van der Waals surface area contributed by atoms with Gasteiger partial charge in [0.25, 0.3) is 0 Å². The Morgan fingerprint density at radius 1 is 1.47 bits per heavy atom. The van der Waals surface area contributed by atoms with Crippen LogP contribution in [0.1, 0.15) is 26.7 Å². The lowest BCUT2D eigenvalue weighted by Crippen LogP contribution is -2.67. The molecule has 0 unspecified atom stereocenters. The molecular formula is C11H20N2O2. The molecule has 2 fully saturated rings. The molecule has 1 aliphatic heterocycles. The van der Waals surface area contributed by atoms with E-state index in [1.165, 1.54) is 0 Å². The standard InChI is InChI=1S/C11H20N2O2/c1-7(2)9(12)10(14)13-5-11(15,6-13)8-3-4-8/h7-9,15H,3-6,12H2,1-2H3/t9-/m0/s1. The van der Waals surface area contributed by atoms with Crippen LogP contribution in [0.4, 0.5) is 0 Å². The zero-order valence-corrected chi connectivity index (χ0v) is 9.44. The summed E-state index contributed by atoms with van der Waals surface area (Å²) >= 11 is 0. The average Bonchev–Trinajstić information content (AvgIpc) is 2.93.